The molecule has 3 aliphatic carbocycles. The van der Waals surface area contributed by atoms with E-state index in [1.54, 1.807) is 0 Å². The molecule has 0 radical (unpaired) electrons. The lowest BCUT2D eigenvalue weighted by Gasteiger charge is -2.48. The van der Waals surface area contributed by atoms with Gasteiger partial charge in [-0.05, 0) is 43.6 Å². The maximum Gasteiger partial charge on any atom is 0.155 e. The van der Waals surface area contributed by atoms with Crippen molar-refractivity contribution in [2.75, 3.05) is 0 Å². The quantitative estimate of drug-likeness (QED) is 0.643. The van der Waals surface area contributed by atoms with Gasteiger partial charge in [0, 0.05) is 12.3 Å². The molecule has 2 aliphatic heterocycles. The third-order valence-electron chi connectivity index (χ3n) is 5.08. The van der Waals surface area contributed by atoms with Crippen LogP contribution in [0.4, 0.5) is 0 Å². The van der Waals surface area contributed by atoms with Crippen LogP contribution in [0, 0.1) is 17.3 Å². The second-order valence-electron chi connectivity index (χ2n) is 6.22. The van der Waals surface area contributed by atoms with Crippen LogP contribution in [0.15, 0.2) is 12.2 Å². The van der Waals surface area contributed by atoms with Gasteiger partial charge in [0.05, 0.1) is 11.7 Å². The predicted octanol–water partition coefficient (Wildman–Crippen LogP) is 3.12. The van der Waals surface area contributed by atoms with E-state index in [2.05, 4.69) is 13.0 Å². The average Bonchev–Trinajstić information content (AvgIpc) is 2.66. The van der Waals surface area contributed by atoms with Gasteiger partial charge in [-0.25, -0.2) is 0 Å². The molecule has 0 aromatic rings. The highest BCUT2D eigenvalue weighted by molar-refractivity contribution is 5.91. The van der Waals surface area contributed by atoms with Crippen molar-refractivity contribution in [1.82, 2.24) is 0 Å². The second-order valence-corrected chi connectivity index (χ2v) is 6.22. The first-order valence-electron chi connectivity index (χ1n) is 7.00. The van der Waals surface area contributed by atoms with E-state index in [0.717, 1.165) is 18.8 Å². The minimum Gasteiger partial charge on any atom is -0.371 e. The highest BCUT2D eigenvalue weighted by atomic mass is 16.5. The maximum absolute atomic E-state index is 11.5. The molecule has 0 aromatic carbocycles. The van der Waals surface area contributed by atoms with Crippen molar-refractivity contribution in [1.29, 1.82) is 0 Å². The van der Waals surface area contributed by atoms with Gasteiger partial charge < -0.3 is 4.74 Å². The van der Waals surface area contributed by atoms with Crippen LogP contribution in [0.1, 0.15) is 46.5 Å². The number of rotatable bonds is 0. The van der Waals surface area contributed by atoms with Crippen LogP contribution in [0.5, 0.6) is 0 Å². The second kappa shape index (κ2) is 3.44. The summed E-state index contributed by atoms with van der Waals surface area (Å²) in [7, 11) is 0. The standard InChI is InChI=1S/C13H16O2.C2H6/c1-12-5-8-6-13(7-12)3-2-9(14)4-10(13)11(8)15-12;1-2/h2-3,8,10-11H,4-7H2,1H3;1-2H3. The Labute approximate surface area is 103 Å². The Morgan fingerprint density at radius 2 is 2.12 bits per heavy atom. The molecule has 0 N–H and O–H groups in total. The van der Waals surface area contributed by atoms with E-state index in [1.165, 1.54) is 12.8 Å². The molecular weight excluding hydrogens is 212 g/mol. The molecule has 5 aliphatic rings. The van der Waals surface area contributed by atoms with Crippen molar-refractivity contribution < 1.29 is 9.53 Å². The minimum absolute atomic E-state index is 0.120. The molecule has 0 aromatic heterocycles. The van der Waals surface area contributed by atoms with E-state index in [0.29, 0.717) is 23.2 Å². The van der Waals surface area contributed by atoms with Gasteiger partial charge in [-0.15, -0.1) is 0 Å². The molecule has 17 heavy (non-hydrogen) atoms. The molecule has 94 valence electrons. The van der Waals surface area contributed by atoms with Crippen LogP contribution in [0.3, 0.4) is 0 Å². The molecule has 4 bridgehead atoms. The van der Waals surface area contributed by atoms with Crippen LogP contribution in [-0.4, -0.2) is 17.5 Å². The molecule has 2 heteroatoms. The van der Waals surface area contributed by atoms with Crippen LogP contribution < -0.4 is 0 Å². The highest BCUT2D eigenvalue weighted by Gasteiger charge is 2.66. The number of ketones is 1. The minimum atomic E-state index is 0.120. The molecular formula is C15H22O2. The monoisotopic (exact) mass is 234 g/mol. The van der Waals surface area contributed by atoms with Crippen molar-refractivity contribution in [3.05, 3.63) is 12.2 Å². The number of allylic oxidation sites excluding steroid dienone is 2. The largest absolute Gasteiger partial charge is 0.371 e. The normalized spacial score (nSPS) is 53.4. The van der Waals surface area contributed by atoms with E-state index in [4.69, 9.17) is 4.74 Å². The number of hydrogen-bond donors (Lipinski definition) is 0. The van der Waals surface area contributed by atoms with Gasteiger partial charge in [0.1, 0.15) is 0 Å². The summed E-state index contributed by atoms with van der Waals surface area (Å²) >= 11 is 0. The molecule has 4 fully saturated rings. The molecule has 0 amide bonds. The fourth-order valence-electron chi connectivity index (χ4n) is 4.84. The lowest BCUT2D eigenvalue weighted by Crippen LogP contribution is -2.47. The van der Waals surface area contributed by atoms with E-state index in [9.17, 15) is 4.79 Å². The van der Waals surface area contributed by atoms with E-state index in [-0.39, 0.29) is 5.60 Å². The summed E-state index contributed by atoms with van der Waals surface area (Å²) in [5.41, 5.74) is 0.448. The average molecular weight is 234 g/mol. The van der Waals surface area contributed by atoms with Gasteiger partial charge in [-0.3, -0.25) is 4.79 Å². The smallest absolute Gasteiger partial charge is 0.155 e. The van der Waals surface area contributed by atoms with Crippen molar-refractivity contribution in [3.63, 3.8) is 0 Å². The summed E-state index contributed by atoms with van der Waals surface area (Å²) in [6.07, 6.45) is 8.79. The summed E-state index contributed by atoms with van der Waals surface area (Å²) in [5.74, 6) is 1.52. The van der Waals surface area contributed by atoms with Crippen LogP contribution in [0.2, 0.25) is 0 Å². The highest BCUT2D eigenvalue weighted by Crippen LogP contribution is 2.67. The molecule has 1 spiro atoms. The van der Waals surface area contributed by atoms with E-state index < -0.39 is 0 Å². The Morgan fingerprint density at radius 1 is 1.35 bits per heavy atom. The molecule has 5 rings (SSSR count). The van der Waals surface area contributed by atoms with Gasteiger partial charge in [0.25, 0.3) is 0 Å². The zero-order valence-corrected chi connectivity index (χ0v) is 11.0. The first-order chi connectivity index (χ1) is 8.10. The summed E-state index contributed by atoms with van der Waals surface area (Å²) in [6.45, 7) is 6.25. The molecule has 2 heterocycles. The van der Waals surface area contributed by atoms with E-state index in [1.807, 2.05) is 19.9 Å². The zero-order valence-electron chi connectivity index (χ0n) is 11.0. The molecule has 2 saturated heterocycles. The summed E-state index contributed by atoms with van der Waals surface area (Å²) in [6, 6.07) is 0. The van der Waals surface area contributed by atoms with Gasteiger partial charge in [-0.1, -0.05) is 19.9 Å². The van der Waals surface area contributed by atoms with Gasteiger partial charge in [0.2, 0.25) is 0 Å². The van der Waals surface area contributed by atoms with Crippen molar-refractivity contribution in [2.24, 2.45) is 17.3 Å². The summed E-state index contributed by atoms with van der Waals surface area (Å²) in [4.78, 5) is 11.5. The molecule has 2 saturated carbocycles. The Morgan fingerprint density at radius 3 is 2.88 bits per heavy atom. The van der Waals surface area contributed by atoms with Gasteiger partial charge in [-0.2, -0.15) is 0 Å². The summed E-state index contributed by atoms with van der Waals surface area (Å²) < 4.78 is 6.17. The van der Waals surface area contributed by atoms with Crippen molar-refractivity contribution in [2.45, 2.75) is 58.2 Å². The Hall–Kier alpha value is -0.630. The lowest BCUT2D eigenvalue weighted by atomic mass is 9.63. The number of carbonyl (C=O) groups is 1. The number of carbonyl (C=O) groups excluding carboxylic acids is 1. The Kier molecular flexibility index (Phi) is 2.32. The zero-order chi connectivity index (χ0) is 12.3. The predicted molar refractivity (Wildman–Crippen MR) is 66.7 cm³/mol. The van der Waals surface area contributed by atoms with Crippen LogP contribution in [-0.2, 0) is 9.53 Å². The third-order valence-corrected chi connectivity index (χ3v) is 5.08. The van der Waals surface area contributed by atoms with Crippen LogP contribution in [0.25, 0.3) is 0 Å². The number of hydrogen-bond acceptors (Lipinski definition) is 2. The Bertz CT molecular complexity index is 386. The van der Waals surface area contributed by atoms with Gasteiger partial charge in [0.15, 0.2) is 5.78 Å². The third kappa shape index (κ3) is 1.40. The number of ether oxygens (including phenoxy) is 1. The Balaban J connectivity index is 0.000000431. The first kappa shape index (κ1) is 11.5. The molecule has 5 atom stereocenters. The topological polar surface area (TPSA) is 26.3 Å². The van der Waals surface area contributed by atoms with Crippen molar-refractivity contribution >= 4 is 5.78 Å². The fraction of sp³-hybridized carbons (Fsp3) is 0.800. The fourth-order valence-corrected chi connectivity index (χ4v) is 4.84. The first-order valence-corrected chi connectivity index (χ1v) is 7.00. The van der Waals surface area contributed by atoms with Crippen molar-refractivity contribution in [3.8, 4) is 0 Å². The lowest BCUT2D eigenvalue weighted by molar-refractivity contribution is -0.139. The maximum atomic E-state index is 11.5. The summed E-state index contributed by atoms with van der Waals surface area (Å²) in [5, 5.41) is 0. The van der Waals surface area contributed by atoms with Crippen LogP contribution >= 0.6 is 0 Å². The SMILES string of the molecule is CC.CC12CC3CC4(C=CC(=O)CC4C3O1)C2. The molecule has 5 unspecified atom stereocenters. The molecule has 2 nitrogen and oxygen atoms in total. The van der Waals surface area contributed by atoms with E-state index >= 15 is 0 Å². The van der Waals surface area contributed by atoms with Gasteiger partial charge >= 0.3 is 0 Å².